The number of carbonyl (C=O) groups excluding carboxylic acids is 2. The summed E-state index contributed by atoms with van der Waals surface area (Å²) in [7, 11) is 0. The van der Waals surface area contributed by atoms with Crippen LogP contribution in [0.4, 0.5) is 5.82 Å². The zero-order valence-corrected chi connectivity index (χ0v) is 13.2. The SMILES string of the molecule is CC(=O)N1CCN(C(=O)/C(C#N)=C\Nc2ncccc2C)CC1. The second-order valence-corrected chi connectivity index (χ2v) is 5.28. The van der Waals surface area contributed by atoms with Crippen LogP contribution in [-0.4, -0.2) is 52.8 Å². The van der Waals surface area contributed by atoms with Crippen molar-refractivity contribution < 1.29 is 9.59 Å². The molecule has 1 aliphatic heterocycles. The molecule has 2 rings (SSSR count). The number of nitrogens with zero attached hydrogens (tertiary/aromatic N) is 4. The Kier molecular flexibility index (Phi) is 5.31. The summed E-state index contributed by atoms with van der Waals surface area (Å²) in [6.07, 6.45) is 3.02. The highest BCUT2D eigenvalue weighted by Gasteiger charge is 2.24. The van der Waals surface area contributed by atoms with E-state index in [1.807, 2.05) is 25.1 Å². The lowest BCUT2D eigenvalue weighted by molar-refractivity contribution is -0.136. The number of hydrogen-bond donors (Lipinski definition) is 1. The fourth-order valence-corrected chi connectivity index (χ4v) is 2.31. The number of hydrogen-bond acceptors (Lipinski definition) is 5. The predicted molar refractivity (Wildman–Crippen MR) is 85.1 cm³/mol. The normalized spacial score (nSPS) is 15.1. The number of pyridine rings is 1. The minimum atomic E-state index is -0.336. The van der Waals surface area contributed by atoms with Crippen LogP contribution < -0.4 is 5.32 Å². The monoisotopic (exact) mass is 313 g/mol. The van der Waals surface area contributed by atoms with Gasteiger partial charge in [0.15, 0.2) is 0 Å². The number of carbonyl (C=O) groups is 2. The van der Waals surface area contributed by atoms with Gasteiger partial charge in [-0.2, -0.15) is 5.26 Å². The summed E-state index contributed by atoms with van der Waals surface area (Å²) in [5.74, 6) is 0.270. The molecule has 0 aliphatic carbocycles. The smallest absolute Gasteiger partial charge is 0.266 e. The molecule has 120 valence electrons. The van der Waals surface area contributed by atoms with Crippen LogP contribution in [-0.2, 0) is 9.59 Å². The molecule has 1 fully saturated rings. The molecule has 7 heteroatoms. The summed E-state index contributed by atoms with van der Waals surface area (Å²) in [5.41, 5.74) is 0.940. The fraction of sp³-hybridized carbons (Fsp3) is 0.375. The molecular formula is C16H19N5O2. The van der Waals surface area contributed by atoms with Crippen molar-refractivity contribution in [2.45, 2.75) is 13.8 Å². The Bertz CT molecular complexity index is 669. The third-order valence-corrected chi connectivity index (χ3v) is 3.73. The second-order valence-electron chi connectivity index (χ2n) is 5.28. The van der Waals surface area contributed by atoms with Crippen molar-refractivity contribution >= 4 is 17.6 Å². The molecular weight excluding hydrogens is 294 g/mol. The Morgan fingerprint density at radius 2 is 1.96 bits per heavy atom. The lowest BCUT2D eigenvalue weighted by Crippen LogP contribution is -2.50. The van der Waals surface area contributed by atoms with Crippen LogP contribution in [0.1, 0.15) is 12.5 Å². The number of aryl methyl sites for hydroxylation is 1. The van der Waals surface area contributed by atoms with Crippen LogP contribution in [0.3, 0.4) is 0 Å². The standard InChI is InChI=1S/C16H19N5O2/c1-12-4-3-5-18-15(12)19-11-14(10-17)16(23)21-8-6-20(7-9-21)13(2)22/h3-5,11H,6-9H2,1-2H3,(H,18,19)/b14-11-. The maximum absolute atomic E-state index is 12.4. The first kappa shape index (κ1) is 16.5. The average molecular weight is 313 g/mol. The molecule has 0 saturated carbocycles. The first-order chi connectivity index (χ1) is 11.0. The van der Waals surface area contributed by atoms with Gasteiger partial charge in [0.1, 0.15) is 17.5 Å². The Hall–Kier alpha value is -2.88. The number of piperazine rings is 1. The highest BCUT2D eigenvalue weighted by molar-refractivity contribution is 5.97. The first-order valence-electron chi connectivity index (χ1n) is 7.36. The zero-order valence-electron chi connectivity index (χ0n) is 13.2. The summed E-state index contributed by atoms with van der Waals surface area (Å²) in [6, 6.07) is 5.62. The van der Waals surface area contributed by atoms with E-state index in [-0.39, 0.29) is 17.4 Å². The Morgan fingerprint density at radius 1 is 1.30 bits per heavy atom. The van der Waals surface area contributed by atoms with E-state index in [1.165, 1.54) is 13.1 Å². The van der Waals surface area contributed by atoms with Gasteiger partial charge in [0.05, 0.1) is 0 Å². The average Bonchev–Trinajstić information content (AvgIpc) is 2.56. The predicted octanol–water partition coefficient (Wildman–Crippen LogP) is 0.900. The molecule has 0 spiro atoms. The zero-order chi connectivity index (χ0) is 16.8. The van der Waals surface area contributed by atoms with Crippen LogP contribution in [0.2, 0.25) is 0 Å². The van der Waals surface area contributed by atoms with Gasteiger partial charge in [-0.25, -0.2) is 4.98 Å². The van der Waals surface area contributed by atoms with Crippen molar-refractivity contribution in [2.75, 3.05) is 31.5 Å². The van der Waals surface area contributed by atoms with Crippen molar-refractivity contribution in [3.8, 4) is 6.07 Å². The molecule has 1 aromatic rings. The number of amides is 2. The van der Waals surface area contributed by atoms with E-state index < -0.39 is 0 Å². The highest BCUT2D eigenvalue weighted by atomic mass is 16.2. The molecule has 2 heterocycles. The van der Waals surface area contributed by atoms with Gasteiger partial charge < -0.3 is 15.1 Å². The number of aromatic nitrogens is 1. The maximum atomic E-state index is 12.4. The van der Waals surface area contributed by atoms with Crippen LogP contribution in [0, 0.1) is 18.3 Å². The fourth-order valence-electron chi connectivity index (χ4n) is 2.31. The van der Waals surface area contributed by atoms with Gasteiger partial charge in [-0.05, 0) is 18.6 Å². The lowest BCUT2D eigenvalue weighted by atomic mass is 10.2. The Balaban J connectivity index is 2.02. The number of rotatable bonds is 3. The van der Waals surface area contributed by atoms with Crippen molar-refractivity contribution in [1.29, 1.82) is 5.26 Å². The van der Waals surface area contributed by atoms with E-state index in [4.69, 9.17) is 0 Å². The molecule has 23 heavy (non-hydrogen) atoms. The van der Waals surface area contributed by atoms with Crippen molar-refractivity contribution in [3.63, 3.8) is 0 Å². The quantitative estimate of drug-likeness (QED) is 0.661. The summed E-state index contributed by atoms with van der Waals surface area (Å²) in [4.78, 5) is 31.1. The van der Waals surface area contributed by atoms with Crippen molar-refractivity contribution in [1.82, 2.24) is 14.8 Å². The van der Waals surface area contributed by atoms with Crippen LogP contribution >= 0.6 is 0 Å². The van der Waals surface area contributed by atoms with Crippen LogP contribution in [0.25, 0.3) is 0 Å². The minimum absolute atomic E-state index is 0.000409. The van der Waals surface area contributed by atoms with E-state index in [1.54, 1.807) is 16.0 Å². The molecule has 2 amide bonds. The molecule has 1 aromatic heterocycles. The highest BCUT2D eigenvalue weighted by Crippen LogP contribution is 2.11. The minimum Gasteiger partial charge on any atom is -0.345 e. The van der Waals surface area contributed by atoms with E-state index in [0.717, 1.165) is 5.56 Å². The van der Waals surface area contributed by atoms with Crippen LogP contribution in [0.15, 0.2) is 30.1 Å². The maximum Gasteiger partial charge on any atom is 0.266 e. The van der Waals surface area contributed by atoms with Gasteiger partial charge >= 0.3 is 0 Å². The van der Waals surface area contributed by atoms with Crippen molar-refractivity contribution in [2.24, 2.45) is 0 Å². The largest absolute Gasteiger partial charge is 0.345 e. The summed E-state index contributed by atoms with van der Waals surface area (Å²) in [6.45, 7) is 5.24. The molecule has 0 unspecified atom stereocenters. The van der Waals surface area contributed by atoms with E-state index in [2.05, 4.69) is 10.3 Å². The second kappa shape index (κ2) is 7.40. The number of anilines is 1. The molecule has 7 nitrogen and oxygen atoms in total. The molecule has 0 radical (unpaired) electrons. The first-order valence-corrected chi connectivity index (χ1v) is 7.36. The third kappa shape index (κ3) is 4.07. The molecule has 0 bridgehead atoms. The van der Waals surface area contributed by atoms with Gasteiger partial charge in [0.25, 0.3) is 5.91 Å². The molecule has 1 saturated heterocycles. The van der Waals surface area contributed by atoms with E-state index in [9.17, 15) is 14.9 Å². The van der Waals surface area contributed by atoms with Gasteiger partial charge in [0, 0.05) is 45.5 Å². The van der Waals surface area contributed by atoms with Gasteiger partial charge in [-0.3, -0.25) is 9.59 Å². The molecule has 1 aliphatic rings. The molecule has 0 aromatic carbocycles. The van der Waals surface area contributed by atoms with Gasteiger partial charge in [-0.15, -0.1) is 0 Å². The number of nitriles is 1. The van der Waals surface area contributed by atoms with Gasteiger partial charge in [0.2, 0.25) is 5.91 Å². The lowest BCUT2D eigenvalue weighted by Gasteiger charge is -2.34. The Labute approximate surface area is 135 Å². The number of nitrogens with one attached hydrogen (secondary N) is 1. The summed E-state index contributed by atoms with van der Waals surface area (Å²) >= 11 is 0. The third-order valence-electron chi connectivity index (χ3n) is 3.73. The van der Waals surface area contributed by atoms with Crippen molar-refractivity contribution in [3.05, 3.63) is 35.7 Å². The van der Waals surface area contributed by atoms with E-state index in [0.29, 0.717) is 32.0 Å². The topological polar surface area (TPSA) is 89.3 Å². The van der Waals surface area contributed by atoms with Gasteiger partial charge in [-0.1, -0.05) is 6.07 Å². The molecule has 1 N–H and O–H groups in total. The summed E-state index contributed by atoms with van der Waals surface area (Å²) < 4.78 is 0. The summed E-state index contributed by atoms with van der Waals surface area (Å²) in [5, 5.41) is 12.1. The van der Waals surface area contributed by atoms with Crippen LogP contribution in [0.5, 0.6) is 0 Å². The molecule has 0 atom stereocenters. The Morgan fingerprint density at radius 3 is 2.52 bits per heavy atom. The van der Waals surface area contributed by atoms with E-state index >= 15 is 0 Å².